The topological polar surface area (TPSA) is 63.8 Å². The van der Waals surface area contributed by atoms with Crippen molar-refractivity contribution in [2.24, 2.45) is 11.8 Å². The van der Waals surface area contributed by atoms with Crippen LogP contribution in [-0.4, -0.2) is 16.5 Å². The average Bonchev–Trinajstić information content (AvgIpc) is 2.77. The van der Waals surface area contributed by atoms with Gasteiger partial charge in [0, 0.05) is 18.3 Å². The summed E-state index contributed by atoms with van der Waals surface area (Å²) in [5.41, 5.74) is 6.45. The van der Waals surface area contributed by atoms with Gasteiger partial charge in [-0.15, -0.1) is 0 Å². The minimum Gasteiger partial charge on any atom is -0.370 e. The molecule has 1 fully saturated rings. The molecular formula is C10H16N4. The zero-order chi connectivity index (χ0) is 10.1. The van der Waals surface area contributed by atoms with Gasteiger partial charge in [0.05, 0.1) is 0 Å². The van der Waals surface area contributed by atoms with Crippen LogP contribution >= 0.6 is 0 Å². The van der Waals surface area contributed by atoms with Gasteiger partial charge in [-0.25, -0.2) is 4.98 Å². The minimum atomic E-state index is 0.344. The van der Waals surface area contributed by atoms with Crippen LogP contribution < -0.4 is 11.1 Å². The Morgan fingerprint density at radius 2 is 2.29 bits per heavy atom. The van der Waals surface area contributed by atoms with Crippen LogP contribution in [0.4, 0.5) is 11.8 Å². The lowest BCUT2D eigenvalue weighted by Gasteiger charge is -2.05. The molecule has 0 amide bonds. The van der Waals surface area contributed by atoms with Crippen LogP contribution in [0.25, 0.3) is 0 Å². The Morgan fingerprint density at radius 1 is 1.57 bits per heavy atom. The number of anilines is 2. The molecule has 0 bridgehead atoms. The van der Waals surface area contributed by atoms with Gasteiger partial charge in [-0.2, -0.15) is 4.98 Å². The van der Waals surface area contributed by atoms with Crippen LogP contribution in [0.5, 0.6) is 0 Å². The van der Waals surface area contributed by atoms with Gasteiger partial charge < -0.3 is 11.1 Å². The van der Waals surface area contributed by atoms with E-state index in [0.717, 1.165) is 29.9 Å². The number of nitrogens with zero attached hydrogens (tertiary/aromatic N) is 2. The molecule has 1 saturated carbocycles. The van der Waals surface area contributed by atoms with Crippen LogP contribution in [0.1, 0.15) is 19.0 Å². The van der Waals surface area contributed by atoms with Crippen molar-refractivity contribution >= 4 is 11.8 Å². The lowest BCUT2D eigenvalue weighted by Crippen LogP contribution is -2.08. The van der Waals surface area contributed by atoms with Crippen molar-refractivity contribution in [2.75, 3.05) is 17.6 Å². The van der Waals surface area contributed by atoms with Crippen LogP contribution in [0, 0.1) is 18.8 Å². The molecule has 4 nitrogen and oxygen atoms in total. The van der Waals surface area contributed by atoms with E-state index in [2.05, 4.69) is 22.2 Å². The Hall–Kier alpha value is -1.32. The van der Waals surface area contributed by atoms with E-state index in [-0.39, 0.29) is 0 Å². The Balaban J connectivity index is 1.95. The van der Waals surface area contributed by atoms with Crippen LogP contribution in [0.2, 0.25) is 0 Å². The molecule has 1 aromatic rings. The van der Waals surface area contributed by atoms with E-state index in [1.807, 2.05) is 13.0 Å². The maximum absolute atomic E-state index is 5.55. The summed E-state index contributed by atoms with van der Waals surface area (Å²) in [5, 5.41) is 3.29. The van der Waals surface area contributed by atoms with E-state index in [0.29, 0.717) is 5.95 Å². The minimum absolute atomic E-state index is 0.344. The number of hydrogen-bond donors (Lipinski definition) is 2. The van der Waals surface area contributed by atoms with E-state index >= 15 is 0 Å². The van der Waals surface area contributed by atoms with E-state index in [1.165, 1.54) is 6.42 Å². The Kier molecular flexibility index (Phi) is 2.27. The zero-order valence-electron chi connectivity index (χ0n) is 8.62. The van der Waals surface area contributed by atoms with Crippen molar-refractivity contribution in [2.45, 2.75) is 20.3 Å². The molecule has 0 radical (unpaired) electrons. The van der Waals surface area contributed by atoms with Crippen LogP contribution in [0.15, 0.2) is 6.07 Å². The highest BCUT2D eigenvalue weighted by atomic mass is 15.1. The van der Waals surface area contributed by atoms with Crippen molar-refractivity contribution < 1.29 is 0 Å². The Labute approximate surface area is 83.9 Å². The van der Waals surface area contributed by atoms with Crippen molar-refractivity contribution in [1.29, 1.82) is 0 Å². The largest absolute Gasteiger partial charge is 0.370 e. The Bertz CT molecular complexity index is 317. The van der Waals surface area contributed by atoms with Gasteiger partial charge in [0.2, 0.25) is 5.95 Å². The number of hydrogen-bond acceptors (Lipinski definition) is 4. The van der Waals surface area contributed by atoms with E-state index in [1.54, 1.807) is 0 Å². The number of aryl methyl sites for hydroxylation is 1. The SMILES string of the molecule is Cc1cc(NCC2CC2C)nc(N)n1. The van der Waals surface area contributed by atoms with Crippen LogP contribution in [-0.2, 0) is 0 Å². The molecule has 1 aliphatic carbocycles. The zero-order valence-corrected chi connectivity index (χ0v) is 8.62. The predicted molar refractivity (Wildman–Crippen MR) is 56.9 cm³/mol. The Morgan fingerprint density at radius 3 is 2.86 bits per heavy atom. The first-order valence-corrected chi connectivity index (χ1v) is 5.00. The van der Waals surface area contributed by atoms with Gasteiger partial charge in [-0.1, -0.05) is 6.92 Å². The first-order chi connectivity index (χ1) is 6.65. The number of aromatic nitrogens is 2. The fraction of sp³-hybridized carbons (Fsp3) is 0.600. The van der Waals surface area contributed by atoms with E-state index in [4.69, 9.17) is 5.73 Å². The van der Waals surface area contributed by atoms with Gasteiger partial charge >= 0.3 is 0 Å². The standard InChI is InChI=1S/C10H16N4/c1-6-3-8(6)5-12-9-4-7(2)13-10(11)14-9/h4,6,8H,3,5H2,1-2H3,(H3,11,12,13,14). The molecule has 1 aliphatic rings. The predicted octanol–water partition coefficient (Wildman–Crippen LogP) is 1.44. The van der Waals surface area contributed by atoms with Gasteiger partial charge in [0.15, 0.2) is 0 Å². The number of nitrogen functional groups attached to an aromatic ring is 1. The maximum Gasteiger partial charge on any atom is 0.222 e. The number of nitrogens with two attached hydrogens (primary N) is 1. The second-order valence-corrected chi connectivity index (χ2v) is 4.11. The lowest BCUT2D eigenvalue weighted by atomic mass is 10.3. The average molecular weight is 192 g/mol. The molecule has 14 heavy (non-hydrogen) atoms. The van der Waals surface area contributed by atoms with Crippen molar-refractivity contribution in [1.82, 2.24) is 9.97 Å². The normalized spacial score (nSPS) is 24.7. The molecule has 4 heteroatoms. The fourth-order valence-corrected chi connectivity index (χ4v) is 1.60. The monoisotopic (exact) mass is 192 g/mol. The smallest absolute Gasteiger partial charge is 0.222 e. The van der Waals surface area contributed by atoms with E-state index in [9.17, 15) is 0 Å². The van der Waals surface area contributed by atoms with Gasteiger partial charge in [0.25, 0.3) is 0 Å². The number of nitrogens with one attached hydrogen (secondary N) is 1. The molecule has 2 unspecified atom stereocenters. The van der Waals surface area contributed by atoms with Gasteiger partial charge in [0.1, 0.15) is 5.82 Å². The molecule has 0 spiro atoms. The summed E-state index contributed by atoms with van der Waals surface area (Å²) in [4.78, 5) is 8.13. The molecule has 0 saturated heterocycles. The molecule has 76 valence electrons. The summed E-state index contributed by atoms with van der Waals surface area (Å²) in [6.07, 6.45) is 1.33. The molecule has 2 rings (SSSR count). The third-order valence-electron chi connectivity index (χ3n) is 2.69. The molecule has 3 N–H and O–H groups in total. The first kappa shape index (κ1) is 9.24. The quantitative estimate of drug-likeness (QED) is 0.760. The highest BCUT2D eigenvalue weighted by Crippen LogP contribution is 2.37. The molecule has 1 aromatic heterocycles. The molecule has 2 atom stereocenters. The summed E-state index contributed by atoms with van der Waals surface area (Å²) in [7, 11) is 0. The summed E-state index contributed by atoms with van der Waals surface area (Å²) in [6, 6.07) is 1.92. The molecule has 1 heterocycles. The third kappa shape index (κ3) is 2.13. The van der Waals surface area contributed by atoms with Crippen molar-refractivity contribution in [3.05, 3.63) is 11.8 Å². The molecule has 0 aromatic carbocycles. The van der Waals surface area contributed by atoms with Gasteiger partial charge in [-0.3, -0.25) is 0 Å². The van der Waals surface area contributed by atoms with Crippen molar-refractivity contribution in [3.8, 4) is 0 Å². The molecule has 0 aliphatic heterocycles. The highest BCUT2D eigenvalue weighted by molar-refractivity contribution is 5.40. The summed E-state index contributed by atoms with van der Waals surface area (Å²) in [5.74, 6) is 2.86. The van der Waals surface area contributed by atoms with E-state index < -0.39 is 0 Å². The highest BCUT2D eigenvalue weighted by Gasteiger charge is 2.31. The maximum atomic E-state index is 5.55. The lowest BCUT2D eigenvalue weighted by molar-refractivity contribution is 0.784. The summed E-state index contributed by atoms with van der Waals surface area (Å²) < 4.78 is 0. The van der Waals surface area contributed by atoms with Crippen LogP contribution in [0.3, 0.4) is 0 Å². The summed E-state index contributed by atoms with van der Waals surface area (Å²) in [6.45, 7) is 5.19. The second kappa shape index (κ2) is 3.44. The molecular weight excluding hydrogens is 176 g/mol. The van der Waals surface area contributed by atoms with Crippen molar-refractivity contribution in [3.63, 3.8) is 0 Å². The fourth-order valence-electron chi connectivity index (χ4n) is 1.60. The number of rotatable bonds is 3. The second-order valence-electron chi connectivity index (χ2n) is 4.11. The third-order valence-corrected chi connectivity index (χ3v) is 2.69. The summed E-state index contributed by atoms with van der Waals surface area (Å²) >= 11 is 0. The first-order valence-electron chi connectivity index (χ1n) is 5.00. The van der Waals surface area contributed by atoms with Gasteiger partial charge in [-0.05, 0) is 25.2 Å².